The van der Waals surface area contributed by atoms with Crippen LogP contribution < -0.4 is 0 Å². The first-order valence-corrected chi connectivity index (χ1v) is 7.16. The maximum Gasteiger partial charge on any atom is 0.303 e. The number of benzene rings is 2. The molecular weight excluding hydrogens is 280 g/mol. The van der Waals surface area contributed by atoms with Crippen LogP contribution in [0.15, 0.2) is 48.5 Å². The Morgan fingerprint density at radius 1 is 0.636 bits per heavy atom. The molecule has 2 aromatic rings. The van der Waals surface area contributed by atoms with Gasteiger partial charge in [-0.2, -0.15) is 0 Å². The van der Waals surface area contributed by atoms with Crippen molar-refractivity contribution in [2.24, 2.45) is 0 Å². The zero-order valence-electron chi connectivity index (χ0n) is 12.2. The zero-order valence-corrected chi connectivity index (χ0v) is 12.2. The number of hydrogen-bond acceptors (Lipinski definition) is 2. The Morgan fingerprint density at radius 2 is 0.955 bits per heavy atom. The summed E-state index contributed by atoms with van der Waals surface area (Å²) in [4.78, 5) is 21.1. The molecule has 0 radical (unpaired) electrons. The molecule has 0 aromatic heterocycles. The first kappa shape index (κ1) is 15.8. The Labute approximate surface area is 129 Å². The zero-order chi connectivity index (χ0) is 15.9. The normalized spacial score (nSPS) is 10.4. The highest BCUT2D eigenvalue weighted by Crippen LogP contribution is 2.21. The van der Waals surface area contributed by atoms with E-state index < -0.39 is 11.9 Å². The van der Waals surface area contributed by atoms with E-state index in [2.05, 4.69) is 0 Å². The molecule has 2 aromatic carbocycles. The Kier molecular flexibility index (Phi) is 5.31. The number of carboxylic acids is 2. The molecule has 0 bridgehead atoms. The van der Waals surface area contributed by atoms with Gasteiger partial charge in [-0.3, -0.25) is 9.59 Å². The predicted molar refractivity (Wildman–Crippen MR) is 83.8 cm³/mol. The van der Waals surface area contributed by atoms with Crippen molar-refractivity contribution in [2.45, 2.75) is 25.7 Å². The maximum absolute atomic E-state index is 10.6. The second kappa shape index (κ2) is 7.41. The molecule has 0 saturated carbocycles. The van der Waals surface area contributed by atoms with Crippen molar-refractivity contribution < 1.29 is 19.8 Å². The van der Waals surface area contributed by atoms with Crippen molar-refractivity contribution in [1.82, 2.24) is 0 Å². The molecule has 22 heavy (non-hydrogen) atoms. The van der Waals surface area contributed by atoms with Gasteiger partial charge in [-0.1, -0.05) is 48.5 Å². The lowest BCUT2D eigenvalue weighted by Gasteiger charge is -2.05. The second-order valence-corrected chi connectivity index (χ2v) is 5.18. The smallest absolute Gasteiger partial charge is 0.303 e. The molecule has 0 saturated heterocycles. The minimum absolute atomic E-state index is 0.137. The van der Waals surface area contributed by atoms with Crippen LogP contribution in [0.3, 0.4) is 0 Å². The summed E-state index contributed by atoms with van der Waals surface area (Å²) in [5, 5.41) is 17.3. The van der Waals surface area contributed by atoms with Crippen LogP contribution in [0.2, 0.25) is 0 Å². The Bertz CT molecular complexity index is 582. The molecule has 2 rings (SSSR count). The predicted octanol–water partition coefficient (Wildman–Crippen LogP) is 3.39. The van der Waals surface area contributed by atoms with E-state index in [1.807, 2.05) is 48.5 Å². The first-order chi connectivity index (χ1) is 10.5. The number of carboxylic acid groups (broad SMARTS) is 2. The van der Waals surface area contributed by atoms with Gasteiger partial charge in [-0.25, -0.2) is 0 Å². The maximum atomic E-state index is 10.6. The minimum atomic E-state index is -0.791. The third-order valence-corrected chi connectivity index (χ3v) is 3.50. The average molecular weight is 298 g/mol. The molecule has 0 aliphatic heterocycles. The average Bonchev–Trinajstić information content (AvgIpc) is 2.52. The summed E-state index contributed by atoms with van der Waals surface area (Å²) in [5.74, 6) is -1.58. The molecule has 0 amide bonds. The van der Waals surface area contributed by atoms with Crippen molar-refractivity contribution in [2.75, 3.05) is 0 Å². The molecule has 0 atom stereocenters. The van der Waals surface area contributed by atoms with Gasteiger partial charge >= 0.3 is 11.9 Å². The fourth-order valence-electron chi connectivity index (χ4n) is 2.23. The SMILES string of the molecule is O=C(O)CCc1ccc(-c2ccc(CCC(=O)O)cc2)cc1. The minimum Gasteiger partial charge on any atom is -0.481 e. The van der Waals surface area contributed by atoms with Gasteiger partial charge < -0.3 is 10.2 Å². The fraction of sp³-hybridized carbons (Fsp3) is 0.222. The third kappa shape index (κ3) is 4.74. The number of hydrogen-bond donors (Lipinski definition) is 2. The van der Waals surface area contributed by atoms with Crippen molar-refractivity contribution in [3.8, 4) is 11.1 Å². The topological polar surface area (TPSA) is 74.6 Å². The summed E-state index contributed by atoms with van der Waals surface area (Å²) in [6.07, 6.45) is 1.34. The van der Waals surface area contributed by atoms with Crippen molar-refractivity contribution in [3.05, 3.63) is 59.7 Å². The van der Waals surface area contributed by atoms with Crippen molar-refractivity contribution in [3.63, 3.8) is 0 Å². The third-order valence-electron chi connectivity index (χ3n) is 3.50. The van der Waals surface area contributed by atoms with E-state index in [9.17, 15) is 9.59 Å². The second-order valence-electron chi connectivity index (χ2n) is 5.18. The van der Waals surface area contributed by atoms with Crippen LogP contribution in [-0.4, -0.2) is 22.2 Å². The highest BCUT2D eigenvalue weighted by atomic mass is 16.4. The van der Waals surface area contributed by atoms with E-state index in [1.54, 1.807) is 0 Å². The van der Waals surface area contributed by atoms with Crippen LogP contribution in [0, 0.1) is 0 Å². The molecule has 0 fully saturated rings. The van der Waals surface area contributed by atoms with E-state index >= 15 is 0 Å². The summed E-state index contributed by atoms with van der Waals surface area (Å²) >= 11 is 0. The van der Waals surface area contributed by atoms with Gasteiger partial charge in [0.05, 0.1) is 0 Å². The van der Waals surface area contributed by atoms with E-state index in [0.717, 1.165) is 22.3 Å². The molecule has 0 unspecified atom stereocenters. The van der Waals surface area contributed by atoms with Crippen LogP contribution in [-0.2, 0) is 22.4 Å². The summed E-state index contributed by atoms with van der Waals surface area (Å²) in [7, 11) is 0. The number of aliphatic carboxylic acids is 2. The van der Waals surface area contributed by atoms with Gasteiger partial charge in [-0.05, 0) is 35.1 Å². The molecule has 0 aliphatic rings. The van der Waals surface area contributed by atoms with Crippen LogP contribution >= 0.6 is 0 Å². The molecule has 0 spiro atoms. The van der Waals surface area contributed by atoms with Gasteiger partial charge in [0.15, 0.2) is 0 Å². The lowest BCUT2D eigenvalue weighted by atomic mass is 10.00. The molecule has 0 aliphatic carbocycles. The highest BCUT2D eigenvalue weighted by Gasteiger charge is 2.03. The van der Waals surface area contributed by atoms with E-state index in [4.69, 9.17) is 10.2 Å². The summed E-state index contributed by atoms with van der Waals surface area (Å²) in [5.41, 5.74) is 4.13. The van der Waals surface area contributed by atoms with E-state index in [1.165, 1.54) is 0 Å². The lowest BCUT2D eigenvalue weighted by molar-refractivity contribution is -0.138. The lowest BCUT2D eigenvalue weighted by Crippen LogP contribution is -1.97. The van der Waals surface area contributed by atoms with Gasteiger partial charge in [0.2, 0.25) is 0 Å². The number of aryl methyl sites for hydroxylation is 2. The largest absolute Gasteiger partial charge is 0.481 e. The molecular formula is C18H18O4. The molecule has 4 heteroatoms. The monoisotopic (exact) mass is 298 g/mol. The standard InChI is InChI=1S/C18H18O4/c19-17(20)11-5-13-1-7-15(8-2-13)16-9-3-14(4-10-16)6-12-18(21)22/h1-4,7-10H,5-6,11-12H2,(H,19,20)(H,21,22). The summed E-state index contributed by atoms with van der Waals surface area (Å²) in [6, 6.07) is 15.7. The van der Waals surface area contributed by atoms with E-state index in [-0.39, 0.29) is 12.8 Å². The van der Waals surface area contributed by atoms with Gasteiger partial charge in [0, 0.05) is 12.8 Å². The van der Waals surface area contributed by atoms with Gasteiger partial charge in [0.25, 0.3) is 0 Å². The molecule has 2 N–H and O–H groups in total. The van der Waals surface area contributed by atoms with Gasteiger partial charge in [0.1, 0.15) is 0 Å². The first-order valence-electron chi connectivity index (χ1n) is 7.16. The molecule has 4 nitrogen and oxygen atoms in total. The van der Waals surface area contributed by atoms with E-state index in [0.29, 0.717) is 12.8 Å². The van der Waals surface area contributed by atoms with Crippen molar-refractivity contribution >= 4 is 11.9 Å². The van der Waals surface area contributed by atoms with Crippen LogP contribution in [0.1, 0.15) is 24.0 Å². The molecule has 0 heterocycles. The quantitative estimate of drug-likeness (QED) is 0.821. The number of rotatable bonds is 7. The van der Waals surface area contributed by atoms with Crippen LogP contribution in [0.4, 0.5) is 0 Å². The molecule has 114 valence electrons. The Morgan fingerprint density at radius 3 is 1.23 bits per heavy atom. The number of carbonyl (C=O) groups is 2. The summed E-state index contributed by atoms with van der Waals surface area (Å²) in [6.45, 7) is 0. The summed E-state index contributed by atoms with van der Waals surface area (Å²) < 4.78 is 0. The fourth-order valence-corrected chi connectivity index (χ4v) is 2.23. The Balaban J connectivity index is 2.02. The highest BCUT2D eigenvalue weighted by molar-refractivity contribution is 5.68. The Hall–Kier alpha value is -2.62. The van der Waals surface area contributed by atoms with Gasteiger partial charge in [-0.15, -0.1) is 0 Å². The van der Waals surface area contributed by atoms with Crippen LogP contribution in [0.25, 0.3) is 11.1 Å². The van der Waals surface area contributed by atoms with Crippen molar-refractivity contribution in [1.29, 1.82) is 0 Å². The van der Waals surface area contributed by atoms with Crippen LogP contribution in [0.5, 0.6) is 0 Å².